The van der Waals surface area contributed by atoms with Gasteiger partial charge in [0.25, 0.3) is 0 Å². The van der Waals surface area contributed by atoms with Crippen LogP contribution in [0.1, 0.15) is 44.6 Å². The molecule has 2 aliphatic rings. The Labute approximate surface area is 179 Å². The topological polar surface area (TPSA) is 66.0 Å². The van der Waals surface area contributed by atoms with Crippen LogP contribution in [0.15, 0.2) is 23.2 Å². The average Bonchev–Trinajstić information content (AvgIpc) is 3.41. The van der Waals surface area contributed by atoms with Crippen LogP contribution in [0, 0.1) is 5.92 Å². The number of hydrogen-bond donors (Lipinski definition) is 2. The molecule has 2 N–H and O–H groups in total. The van der Waals surface area contributed by atoms with E-state index in [4.69, 9.17) is 21.3 Å². The lowest BCUT2D eigenvalue weighted by atomic mass is 10.1. The first-order chi connectivity index (χ1) is 14.1. The molecule has 1 heterocycles. The molecule has 0 bridgehead atoms. The van der Waals surface area contributed by atoms with Gasteiger partial charge in [-0.05, 0) is 50.3 Å². The van der Waals surface area contributed by atoms with Gasteiger partial charge in [-0.2, -0.15) is 0 Å². The van der Waals surface area contributed by atoms with E-state index in [2.05, 4.69) is 17.6 Å². The lowest BCUT2D eigenvalue weighted by Gasteiger charge is -2.21. The largest absolute Gasteiger partial charge is 0.497 e. The van der Waals surface area contributed by atoms with E-state index in [0.29, 0.717) is 17.5 Å². The van der Waals surface area contributed by atoms with Crippen LogP contribution in [-0.2, 0) is 11.2 Å². The summed E-state index contributed by atoms with van der Waals surface area (Å²) in [5.41, 5.74) is 1.06. The fourth-order valence-corrected chi connectivity index (χ4v) is 4.43. The van der Waals surface area contributed by atoms with Crippen LogP contribution < -0.4 is 15.4 Å². The zero-order valence-electron chi connectivity index (χ0n) is 17.5. The number of amides is 1. The first kappa shape index (κ1) is 21.8. The number of guanidine groups is 1. The number of halogens is 1. The molecule has 3 rings (SSSR count). The molecule has 2 fully saturated rings. The maximum Gasteiger partial charge on any atom is 0.225 e. The van der Waals surface area contributed by atoms with Crippen molar-refractivity contribution in [3.8, 4) is 5.75 Å². The number of methoxy groups -OCH3 is 1. The third-order valence-corrected chi connectivity index (χ3v) is 6.15. The highest BCUT2D eigenvalue weighted by atomic mass is 35.5. The van der Waals surface area contributed by atoms with Crippen LogP contribution >= 0.6 is 11.6 Å². The molecule has 1 aromatic carbocycles. The number of rotatable bonds is 7. The molecule has 1 atom stereocenters. The molecule has 0 aromatic heterocycles. The summed E-state index contributed by atoms with van der Waals surface area (Å²) in [5, 5.41) is 7.52. The molecule has 6 nitrogen and oxygen atoms in total. The van der Waals surface area contributed by atoms with Crippen molar-refractivity contribution in [2.24, 2.45) is 10.9 Å². The number of nitrogens with zero attached hydrogens (tertiary/aromatic N) is 2. The summed E-state index contributed by atoms with van der Waals surface area (Å²) in [4.78, 5) is 19.4. The zero-order chi connectivity index (χ0) is 20.6. The standard InChI is InChI=1S/C22H33ClN4O2/c1-3-24-22(25-12-10-16-8-9-19(29-2)14-20(16)23)26-18-11-13-27(15-18)21(28)17-6-4-5-7-17/h8-9,14,17-18H,3-7,10-13,15H2,1-2H3,(H2,24,25,26). The number of hydrogen-bond acceptors (Lipinski definition) is 3. The second-order valence-electron chi connectivity index (χ2n) is 7.86. The van der Waals surface area contributed by atoms with Gasteiger partial charge in [0, 0.05) is 43.2 Å². The summed E-state index contributed by atoms with van der Waals surface area (Å²) < 4.78 is 5.20. The normalized spacial score (nSPS) is 20.2. The maximum atomic E-state index is 12.6. The Bertz CT molecular complexity index is 719. The number of nitrogens with one attached hydrogen (secondary N) is 2. The lowest BCUT2D eigenvalue weighted by molar-refractivity contribution is -0.134. The summed E-state index contributed by atoms with van der Waals surface area (Å²) in [6.45, 7) is 5.10. The van der Waals surface area contributed by atoms with Crippen molar-refractivity contribution in [1.29, 1.82) is 0 Å². The van der Waals surface area contributed by atoms with Crippen molar-refractivity contribution in [2.75, 3.05) is 33.3 Å². The first-order valence-electron chi connectivity index (χ1n) is 10.8. The number of benzene rings is 1. The maximum absolute atomic E-state index is 12.6. The van der Waals surface area contributed by atoms with E-state index in [1.54, 1.807) is 7.11 Å². The third kappa shape index (κ3) is 6.01. The molecular formula is C22H33ClN4O2. The van der Waals surface area contributed by atoms with Gasteiger partial charge in [0.2, 0.25) is 5.91 Å². The van der Waals surface area contributed by atoms with E-state index >= 15 is 0 Å². The summed E-state index contributed by atoms with van der Waals surface area (Å²) in [6.07, 6.45) is 6.24. The second kappa shape index (κ2) is 10.7. The summed E-state index contributed by atoms with van der Waals surface area (Å²) in [5.74, 6) is 2.17. The molecule has 0 radical (unpaired) electrons. The highest BCUT2D eigenvalue weighted by molar-refractivity contribution is 6.31. The van der Waals surface area contributed by atoms with Crippen LogP contribution in [0.5, 0.6) is 5.75 Å². The third-order valence-electron chi connectivity index (χ3n) is 5.80. The average molecular weight is 421 g/mol. The Balaban J connectivity index is 1.51. The SMILES string of the molecule is CCNC(=NCCc1ccc(OC)cc1Cl)NC1CCN(C(=O)C2CCCC2)C1. The van der Waals surface area contributed by atoms with Crippen LogP contribution in [0.4, 0.5) is 0 Å². The fourth-order valence-electron chi connectivity index (χ4n) is 4.17. The van der Waals surface area contributed by atoms with E-state index in [1.807, 2.05) is 23.1 Å². The number of likely N-dealkylation sites (tertiary alicyclic amines) is 1. The summed E-state index contributed by atoms with van der Waals surface area (Å²) >= 11 is 6.32. The van der Waals surface area contributed by atoms with Crippen LogP contribution in [0.3, 0.4) is 0 Å². The minimum Gasteiger partial charge on any atom is -0.497 e. The Morgan fingerprint density at radius 2 is 2.10 bits per heavy atom. The molecule has 1 unspecified atom stereocenters. The smallest absolute Gasteiger partial charge is 0.225 e. The van der Waals surface area contributed by atoms with Crippen molar-refractivity contribution in [3.63, 3.8) is 0 Å². The van der Waals surface area contributed by atoms with Crippen molar-refractivity contribution < 1.29 is 9.53 Å². The van der Waals surface area contributed by atoms with E-state index in [-0.39, 0.29) is 12.0 Å². The number of ether oxygens (including phenoxy) is 1. The molecular weight excluding hydrogens is 388 g/mol. The Kier molecular flexibility index (Phi) is 8.04. The van der Waals surface area contributed by atoms with Crippen LogP contribution in [0.2, 0.25) is 5.02 Å². The molecule has 29 heavy (non-hydrogen) atoms. The molecule has 160 valence electrons. The first-order valence-corrected chi connectivity index (χ1v) is 11.1. The van der Waals surface area contributed by atoms with Crippen LogP contribution in [-0.4, -0.2) is 56.1 Å². The van der Waals surface area contributed by atoms with Gasteiger partial charge in [0.05, 0.1) is 7.11 Å². The lowest BCUT2D eigenvalue weighted by Crippen LogP contribution is -2.45. The summed E-state index contributed by atoms with van der Waals surface area (Å²) in [6, 6.07) is 5.99. The minimum atomic E-state index is 0.253. The molecule has 1 aliphatic carbocycles. The van der Waals surface area contributed by atoms with Gasteiger partial charge in [-0.25, -0.2) is 0 Å². The quantitative estimate of drug-likeness (QED) is 0.525. The van der Waals surface area contributed by atoms with Gasteiger partial charge in [-0.3, -0.25) is 9.79 Å². The van der Waals surface area contributed by atoms with Gasteiger partial charge in [0.15, 0.2) is 5.96 Å². The molecule has 1 aliphatic heterocycles. The molecule has 1 aromatic rings. The Hall–Kier alpha value is -1.95. The number of aliphatic imine (C=N–C) groups is 1. The highest BCUT2D eigenvalue weighted by Gasteiger charge is 2.32. The van der Waals surface area contributed by atoms with Crippen molar-refractivity contribution in [1.82, 2.24) is 15.5 Å². The Morgan fingerprint density at radius 3 is 2.79 bits per heavy atom. The molecule has 7 heteroatoms. The van der Waals surface area contributed by atoms with E-state index in [0.717, 1.165) is 62.6 Å². The van der Waals surface area contributed by atoms with Gasteiger partial charge in [0.1, 0.15) is 5.75 Å². The molecule has 1 saturated heterocycles. The molecule has 0 spiro atoms. The number of carbonyl (C=O) groups is 1. The molecule has 1 saturated carbocycles. The van der Waals surface area contributed by atoms with Gasteiger partial charge in [-0.1, -0.05) is 30.5 Å². The van der Waals surface area contributed by atoms with Gasteiger partial charge < -0.3 is 20.3 Å². The van der Waals surface area contributed by atoms with Crippen molar-refractivity contribution in [3.05, 3.63) is 28.8 Å². The van der Waals surface area contributed by atoms with Crippen LogP contribution in [0.25, 0.3) is 0 Å². The monoisotopic (exact) mass is 420 g/mol. The predicted molar refractivity (Wildman–Crippen MR) is 118 cm³/mol. The van der Waals surface area contributed by atoms with E-state index < -0.39 is 0 Å². The summed E-state index contributed by atoms with van der Waals surface area (Å²) in [7, 11) is 1.63. The predicted octanol–water partition coefficient (Wildman–Crippen LogP) is 3.24. The number of carbonyl (C=O) groups excluding carboxylic acids is 1. The van der Waals surface area contributed by atoms with Crippen molar-refractivity contribution >= 4 is 23.5 Å². The molecule has 1 amide bonds. The van der Waals surface area contributed by atoms with Gasteiger partial charge in [-0.15, -0.1) is 0 Å². The fraction of sp³-hybridized carbons (Fsp3) is 0.636. The van der Waals surface area contributed by atoms with E-state index in [1.165, 1.54) is 12.8 Å². The minimum absolute atomic E-state index is 0.253. The van der Waals surface area contributed by atoms with Crippen molar-refractivity contribution in [2.45, 2.75) is 51.5 Å². The zero-order valence-corrected chi connectivity index (χ0v) is 18.3. The highest BCUT2D eigenvalue weighted by Crippen LogP contribution is 2.28. The second-order valence-corrected chi connectivity index (χ2v) is 8.27. The van der Waals surface area contributed by atoms with E-state index in [9.17, 15) is 4.79 Å². The van der Waals surface area contributed by atoms with Gasteiger partial charge >= 0.3 is 0 Å². The Morgan fingerprint density at radius 1 is 1.31 bits per heavy atom.